The molecule has 2 unspecified atom stereocenters. The molecule has 1 aliphatic heterocycles. The summed E-state index contributed by atoms with van der Waals surface area (Å²) in [6.07, 6.45) is -0.424. The van der Waals surface area contributed by atoms with Crippen molar-refractivity contribution in [3.05, 3.63) is 35.4 Å². The fraction of sp³-hybridized carbons (Fsp3) is 0.500. The number of hydrogen-bond acceptors (Lipinski definition) is 2. The SMILES string of the molecule is CC1N[C@@H](C)COC1c1cccc(F)c1F. The normalized spacial score (nSPS) is 30.4. The molecule has 1 N–H and O–H groups in total. The fourth-order valence-electron chi connectivity index (χ4n) is 2.08. The summed E-state index contributed by atoms with van der Waals surface area (Å²) >= 11 is 0. The van der Waals surface area contributed by atoms with Crippen LogP contribution in [0.3, 0.4) is 0 Å². The van der Waals surface area contributed by atoms with Crippen LogP contribution < -0.4 is 5.32 Å². The zero-order valence-electron chi connectivity index (χ0n) is 9.34. The zero-order chi connectivity index (χ0) is 11.7. The number of hydrogen-bond donors (Lipinski definition) is 1. The van der Waals surface area contributed by atoms with E-state index in [1.54, 1.807) is 6.07 Å². The first-order valence-electron chi connectivity index (χ1n) is 5.41. The predicted octanol–water partition coefficient (Wildman–Crippen LogP) is 2.40. The molecule has 1 heterocycles. The molecule has 1 saturated heterocycles. The molecule has 16 heavy (non-hydrogen) atoms. The molecule has 0 aromatic heterocycles. The van der Waals surface area contributed by atoms with Crippen LogP contribution in [0.1, 0.15) is 25.5 Å². The van der Waals surface area contributed by atoms with Gasteiger partial charge in [-0.1, -0.05) is 12.1 Å². The van der Waals surface area contributed by atoms with Crippen LogP contribution in [0.25, 0.3) is 0 Å². The lowest BCUT2D eigenvalue weighted by Gasteiger charge is -2.34. The van der Waals surface area contributed by atoms with Gasteiger partial charge >= 0.3 is 0 Å². The van der Waals surface area contributed by atoms with Crippen molar-refractivity contribution >= 4 is 0 Å². The molecule has 0 aliphatic carbocycles. The Morgan fingerprint density at radius 3 is 2.75 bits per heavy atom. The second-order valence-corrected chi connectivity index (χ2v) is 4.25. The lowest BCUT2D eigenvalue weighted by Crippen LogP contribution is -2.47. The maximum atomic E-state index is 13.6. The molecule has 0 radical (unpaired) electrons. The molecule has 1 aromatic rings. The number of ether oxygens (including phenoxy) is 1. The Labute approximate surface area is 93.6 Å². The van der Waals surface area contributed by atoms with Gasteiger partial charge in [0.05, 0.1) is 6.61 Å². The third kappa shape index (κ3) is 2.08. The Kier molecular flexibility index (Phi) is 3.21. The lowest BCUT2D eigenvalue weighted by atomic mass is 10.00. The van der Waals surface area contributed by atoms with E-state index in [0.29, 0.717) is 6.61 Å². The van der Waals surface area contributed by atoms with Crippen molar-refractivity contribution in [2.75, 3.05) is 6.61 Å². The number of nitrogens with one attached hydrogen (secondary N) is 1. The van der Waals surface area contributed by atoms with Crippen molar-refractivity contribution in [3.63, 3.8) is 0 Å². The van der Waals surface area contributed by atoms with Gasteiger partial charge in [0.2, 0.25) is 0 Å². The van der Waals surface area contributed by atoms with Crippen molar-refractivity contribution in [2.45, 2.75) is 32.0 Å². The Hall–Kier alpha value is -1.00. The zero-order valence-corrected chi connectivity index (χ0v) is 9.34. The van der Waals surface area contributed by atoms with E-state index in [1.807, 2.05) is 13.8 Å². The average Bonchev–Trinajstić information content (AvgIpc) is 2.23. The van der Waals surface area contributed by atoms with Crippen LogP contribution in [-0.4, -0.2) is 18.7 Å². The minimum absolute atomic E-state index is 0.0277. The molecule has 3 atom stereocenters. The predicted molar refractivity (Wildman–Crippen MR) is 57.1 cm³/mol. The van der Waals surface area contributed by atoms with Crippen LogP contribution in [0.4, 0.5) is 8.78 Å². The van der Waals surface area contributed by atoms with E-state index in [2.05, 4.69) is 5.32 Å². The van der Waals surface area contributed by atoms with Gasteiger partial charge in [0.15, 0.2) is 11.6 Å². The average molecular weight is 227 g/mol. The molecular weight excluding hydrogens is 212 g/mol. The van der Waals surface area contributed by atoms with Crippen LogP contribution in [0.15, 0.2) is 18.2 Å². The van der Waals surface area contributed by atoms with E-state index in [-0.39, 0.29) is 17.6 Å². The number of rotatable bonds is 1. The molecule has 1 fully saturated rings. The summed E-state index contributed by atoms with van der Waals surface area (Å²) in [4.78, 5) is 0. The summed E-state index contributed by atoms with van der Waals surface area (Å²) in [5.74, 6) is -1.64. The molecule has 1 aliphatic rings. The Morgan fingerprint density at radius 1 is 1.31 bits per heavy atom. The van der Waals surface area contributed by atoms with Gasteiger partial charge in [-0.05, 0) is 19.9 Å². The van der Waals surface area contributed by atoms with Crippen molar-refractivity contribution in [1.82, 2.24) is 5.32 Å². The van der Waals surface area contributed by atoms with Crippen molar-refractivity contribution in [2.24, 2.45) is 0 Å². The third-order valence-corrected chi connectivity index (χ3v) is 2.82. The smallest absolute Gasteiger partial charge is 0.164 e. The first kappa shape index (κ1) is 11.5. The maximum Gasteiger partial charge on any atom is 0.164 e. The summed E-state index contributed by atoms with van der Waals surface area (Å²) in [6, 6.07) is 4.39. The number of benzene rings is 1. The largest absolute Gasteiger partial charge is 0.370 e. The van der Waals surface area contributed by atoms with Crippen LogP contribution >= 0.6 is 0 Å². The Morgan fingerprint density at radius 2 is 2.06 bits per heavy atom. The van der Waals surface area contributed by atoms with Gasteiger partial charge in [-0.25, -0.2) is 8.78 Å². The second-order valence-electron chi connectivity index (χ2n) is 4.25. The topological polar surface area (TPSA) is 21.3 Å². The summed E-state index contributed by atoms with van der Waals surface area (Å²) in [6.45, 7) is 4.41. The molecule has 2 rings (SSSR count). The van der Waals surface area contributed by atoms with Crippen LogP contribution in [0.5, 0.6) is 0 Å². The van der Waals surface area contributed by atoms with Gasteiger partial charge in [-0.15, -0.1) is 0 Å². The lowest BCUT2D eigenvalue weighted by molar-refractivity contribution is -0.0228. The Balaban J connectivity index is 2.27. The van der Waals surface area contributed by atoms with E-state index in [0.717, 1.165) is 6.07 Å². The maximum absolute atomic E-state index is 13.6. The van der Waals surface area contributed by atoms with Crippen LogP contribution in [0.2, 0.25) is 0 Å². The first-order chi connectivity index (χ1) is 7.59. The minimum atomic E-state index is -0.827. The molecule has 0 amide bonds. The molecule has 0 spiro atoms. The summed E-state index contributed by atoms with van der Waals surface area (Å²) in [7, 11) is 0. The highest BCUT2D eigenvalue weighted by Gasteiger charge is 2.29. The molecule has 4 heteroatoms. The van der Waals surface area contributed by atoms with Crippen LogP contribution in [-0.2, 0) is 4.74 Å². The van der Waals surface area contributed by atoms with Gasteiger partial charge in [0.1, 0.15) is 6.10 Å². The summed E-state index contributed by atoms with van der Waals surface area (Å²) in [5.41, 5.74) is 0.284. The molecule has 1 aromatic carbocycles. The van der Waals surface area contributed by atoms with Gasteiger partial charge in [0, 0.05) is 17.6 Å². The first-order valence-corrected chi connectivity index (χ1v) is 5.41. The van der Waals surface area contributed by atoms with Crippen LogP contribution in [0, 0.1) is 11.6 Å². The summed E-state index contributed by atoms with van der Waals surface area (Å²) < 4.78 is 32.2. The molecule has 2 nitrogen and oxygen atoms in total. The number of morpholine rings is 1. The van der Waals surface area contributed by atoms with E-state index in [4.69, 9.17) is 4.74 Å². The molecular formula is C12H15F2NO. The van der Waals surface area contributed by atoms with E-state index in [9.17, 15) is 8.78 Å². The monoisotopic (exact) mass is 227 g/mol. The fourth-order valence-corrected chi connectivity index (χ4v) is 2.08. The highest BCUT2D eigenvalue weighted by atomic mass is 19.2. The van der Waals surface area contributed by atoms with E-state index >= 15 is 0 Å². The minimum Gasteiger partial charge on any atom is -0.370 e. The molecule has 0 bridgehead atoms. The van der Waals surface area contributed by atoms with E-state index in [1.165, 1.54) is 6.07 Å². The van der Waals surface area contributed by atoms with Crippen molar-refractivity contribution in [1.29, 1.82) is 0 Å². The number of halogens is 2. The summed E-state index contributed by atoms with van der Waals surface area (Å²) in [5, 5.41) is 3.26. The van der Waals surface area contributed by atoms with Gasteiger partial charge in [-0.3, -0.25) is 0 Å². The molecule has 0 saturated carbocycles. The quantitative estimate of drug-likeness (QED) is 0.795. The highest BCUT2D eigenvalue weighted by molar-refractivity contribution is 5.23. The van der Waals surface area contributed by atoms with Gasteiger partial charge in [0.25, 0.3) is 0 Å². The Bertz CT molecular complexity index is 383. The second kappa shape index (κ2) is 4.47. The molecule has 88 valence electrons. The third-order valence-electron chi connectivity index (χ3n) is 2.82. The van der Waals surface area contributed by atoms with Gasteiger partial charge < -0.3 is 10.1 Å². The van der Waals surface area contributed by atoms with Gasteiger partial charge in [-0.2, -0.15) is 0 Å². The highest BCUT2D eigenvalue weighted by Crippen LogP contribution is 2.28. The van der Waals surface area contributed by atoms with Crippen molar-refractivity contribution < 1.29 is 13.5 Å². The van der Waals surface area contributed by atoms with E-state index < -0.39 is 17.7 Å². The van der Waals surface area contributed by atoms with Crippen molar-refractivity contribution in [3.8, 4) is 0 Å². The standard InChI is InChI=1S/C12H15F2NO/c1-7-6-16-12(8(2)15-7)9-4-3-5-10(13)11(9)14/h3-5,7-8,12,15H,6H2,1-2H3/t7-,8?,12?/m0/s1.